The molecule has 25 heavy (non-hydrogen) atoms. The van der Waals surface area contributed by atoms with E-state index in [2.05, 4.69) is 15.5 Å². The predicted octanol–water partition coefficient (Wildman–Crippen LogP) is 4.35. The minimum atomic E-state index is -0.216. The molecule has 3 aromatic rings. The predicted molar refractivity (Wildman–Crippen MR) is 103 cm³/mol. The number of anilines is 1. The zero-order chi connectivity index (χ0) is 17.4. The van der Waals surface area contributed by atoms with E-state index < -0.39 is 0 Å². The van der Waals surface area contributed by atoms with Crippen molar-refractivity contribution < 1.29 is 5.11 Å². The number of hydrogen-bond donors (Lipinski definition) is 1. The van der Waals surface area contributed by atoms with Crippen LogP contribution in [-0.4, -0.2) is 33.9 Å². The Morgan fingerprint density at radius 3 is 2.40 bits per heavy atom. The number of aliphatic hydroxyl groups excluding tert-OH is 1. The summed E-state index contributed by atoms with van der Waals surface area (Å²) in [6.07, 6.45) is 1.30. The van der Waals surface area contributed by atoms with Crippen LogP contribution < -0.4 is 4.90 Å². The van der Waals surface area contributed by atoms with Gasteiger partial charge in [0.2, 0.25) is 5.95 Å². The Labute approximate surface area is 156 Å². The van der Waals surface area contributed by atoms with Crippen molar-refractivity contribution in [3.8, 4) is 0 Å². The zero-order valence-corrected chi connectivity index (χ0v) is 15.2. The van der Waals surface area contributed by atoms with Gasteiger partial charge in [0.15, 0.2) is 0 Å². The Morgan fingerprint density at radius 1 is 1.00 bits per heavy atom. The van der Waals surface area contributed by atoms with Gasteiger partial charge < -0.3 is 14.6 Å². The average molecular weight is 376 g/mol. The summed E-state index contributed by atoms with van der Waals surface area (Å²) < 4.78 is 2.17. The fourth-order valence-corrected chi connectivity index (χ4v) is 3.88. The third-order valence-electron chi connectivity index (χ3n) is 4.76. The van der Waals surface area contributed by atoms with E-state index in [1.807, 2.05) is 36.4 Å². The maximum Gasteiger partial charge on any atom is 0.206 e. The van der Waals surface area contributed by atoms with Crippen LogP contribution in [0.2, 0.25) is 10.0 Å². The topological polar surface area (TPSA) is 41.3 Å². The first-order chi connectivity index (χ1) is 12.1. The molecule has 6 heteroatoms. The first-order valence-electron chi connectivity index (χ1n) is 8.44. The standard InChI is InChI=1S/C19H19Cl2N3O/c20-15-4-3-5-16(21)14(15)12-24-18-7-2-1-6-17(18)22-19(24)23-10-8-13(25)9-11-23/h1-7,13,25H,8-12H2. The van der Waals surface area contributed by atoms with Crippen molar-refractivity contribution in [1.82, 2.24) is 9.55 Å². The highest BCUT2D eigenvalue weighted by molar-refractivity contribution is 6.36. The largest absolute Gasteiger partial charge is 0.393 e. The normalized spacial score (nSPS) is 15.9. The number of imidazole rings is 1. The summed E-state index contributed by atoms with van der Waals surface area (Å²) >= 11 is 12.8. The van der Waals surface area contributed by atoms with Gasteiger partial charge in [-0.25, -0.2) is 4.98 Å². The summed E-state index contributed by atoms with van der Waals surface area (Å²) in [5, 5.41) is 11.1. The summed E-state index contributed by atoms with van der Waals surface area (Å²) in [5.41, 5.74) is 2.90. The molecule has 1 saturated heterocycles. The molecule has 1 aliphatic rings. The lowest BCUT2D eigenvalue weighted by Gasteiger charge is -2.31. The van der Waals surface area contributed by atoms with Gasteiger partial charge in [-0.3, -0.25) is 0 Å². The molecule has 0 spiro atoms. The van der Waals surface area contributed by atoms with Crippen LogP contribution in [-0.2, 0) is 6.54 Å². The highest BCUT2D eigenvalue weighted by Gasteiger charge is 2.23. The maximum atomic E-state index is 9.80. The number of nitrogens with zero attached hydrogens (tertiary/aromatic N) is 3. The lowest BCUT2D eigenvalue weighted by atomic mass is 10.1. The van der Waals surface area contributed by atoms with Crippen LogP contribution >= 0.6 is 23.2 Å². The second-order valence-corrected chi connectivity index (χ2v) is 7.22. The van der Waals surface area contributed by atoms with Crippen molar-refractivity contribution in [3.63, 3.8) is 0 Å². The van der Waals surface area contributed by atoms with Gasteiger partial charge in [-0.05, 0) is 37.1 Å². The number of rotatable bonds is 3. The number of halogens is 2. The van der Waals surface area contributed by atoms with Crippen LogP contribution in [0.1, 0.15) is 18.4 Å². The summed E-state index contributed by atoms with van der Waals surface area (Å²) in [6, 6.07) is 13.7. The van der Waals surface area contributed by atoms with E-state index in [-0.39, 0.29) is 6.10 Å². The molecule has 4 rings (SSSR count). The van der Waals surface area contributed by atoms with Gasteiger partial charge in [0.25, 0.3) is 0 Å². The van der Waals surface area contributed by atoms with Gasteiger partial charge in [-0.2, -0.15) is 0 Å². The Morgan fingerprint density at radius 2 is 1.68 bits per heavy atom. The summed E-state index contributed by atoms with van der Waals surface area (Å²) in [4.78, 5) is 7.07. The summed E-state index contributed by atoms with van der Waals surface area (Å²) in [7, 11) is 0. The van der Waals surface area contributed by atoms with Crippen molar-refractivity contribution in [1.29, 1.82) is 0 Å². The maximum absolute atomic E-state index is 9.80. The van der Waals surface area contributed by atoms with Gasteiger partial charge in [0, 0.05) is 28.7 Å². The molecule has 0 aliphatic carbocycles. The molecule has 0 amide bonds. The summed E-state index contributed by atoms with van der Waals surface area (Å²) in [5.74, 6) is 0.907. The van der Waals surface area contributed by atoms with E-state index in [0.717, 1.165) is 48.5 Å². The van der Waals surface area contributed by atoms with Crippen LogP contribution in [0.5, 0.6) is 0 Å². The number of fused-ring (bicyclic) bond motifs is 1. The van der Waals surface area contributed by atoms with E-state index in [4.69, 9.17) is 28.2 Å². The molecule has 1 N–H and O–H groups in total. The van der Waals surface area contributed by atoms with Crippen LogP contribution in [0.25, 0.3) is 11.0 Å². The number of benzene rings is 2. The van der Waals surface area contributed by atoms with Gasteiger partial charge in [0.1, 0.15) is 0 Å². The molecule has 1 aromatic heterocycles. The molecule has 4 nitrogen and oxygen atoms in total. The third kappa shape index (κ3) is 3.22. The van der Waals surface area contributed by atoms with Crippen molar-refractivity contribution in [2.45, 2.75) is 25.5 Å². The lowest BCUT2D eigenvalue weighted by Crippen LogP contribution is -2.37. The molecule has 2 heterocycles. The smallest absolute Gasteiger partial charge is 0.206 e. The van der Waals surface area contributed by atoms with E-state index in [9.17, 15) is 5.11 Å². The molecule has 0 atom stereocenters. The molecule has 1 fully saturated rings. The van der Waals surface area contributed by atoms with Crippen molar-refractivity contribution >= 4 is 40.2 Å². The first kappa shape index (κ1) is 16.7. The van der Waals surface area contributed by atoms with Crippen LogP contribution in [0, 0.1) is 0 Å². The Kier molecular flexibility index (Phi) is 4.59. The molecule has 1 aliphatic heterocycles. The lowest BCUT2D eigenvalue weighted by molar-refractivity contribution is 0.145. The van der Waals surface area contributed by atoms with Gasteiger partial charge >= 0.3 is 0 Å². The van der Waals surface area contributed by atoms with Crippen LogP contribution in [0.3, 0.4) is 0 Å². The van der Waals surface area contributed by atoms with E-state index in [0.29, 0.717) is 16.6 Å². The fraction of sp³-hybridized carbons (Fsp3) is 0.316. The van der Waals surface area contributed by atoms with E-state index in [1.165, 1.54) is 0 Å². The van der Waals surface area contributed by atoms with Crippen molar-refractivity contribution in [2.24, 2.45) is 0 Å². The first-order valence-corrected chi connectivity index (χ1v) is 9.20. The molecule has 0 bridgehead atoms. The number of piperidine rings is 1. The van der Waals surface area contributed by atoms with E-state index in [1.54, 1.807) is 0 Å². The molecular weight excluding hydrogens is 357 g/mol. The number of aliphatic hydroxyl groups is 1. The second kappa shape index (κ2) is 6.87. The highest BCUT2D eigenvalue weighted by atomic mass is 35.5. The van der Waals surface area contributed by atoms with Crippen LogP contribution in [0.15, 0.2) is 42.5 Å². The van der Waals surface area contributed by atoms with Gasteiger partial charge in [0.05, 0.1) is 23.7 Å². The number of hydrogen-bond acceptors (Lipinski definition) is 3. The molecule has 130 valence electrons. The molecule has 0 saturated carbocycles. The molecule has 0 radical (unpaired) electrons. The quantitative estimate of drug-likeness (QED) is 0.739. The fourth-order valence-electron chi connectivity index (χ4n) is 3.37. The SMILES string of the molecule is OC1CCN(c2nc3ccccc3n2Cc2c(Cl)cccc2Cl)CC1. The van der Waals surface area contributed by atoms with Crippen molar-refractivity contribution in [2.75, 3.05) is 18.0 Å². The second-order valence-electron chi connectivity index (χ2n) is 6.41. The Bertz CT molecular complexity index is 881. The third-order valence-corrected chi connectivity index (χ3v) is 5.47. The minimum absolute atomic E-state index is 0.216. The molecule has 2 aromatic carbocycles. The van der Waals surface area contributed by atoms with Gasteiger partial charge in [-0.1, -0.05) is 41.4 Å². The number of aromatic nitrogens is 2. The van der Waals surface area contributed by atoms with Crippen LogP contribution in [0.4, 0.5) is 5.95 Å². The van der Waals surface area contributed by atoms with Gasteiger partial charge in [-0.15, -0.1) is 0 Å². The molecular formula is C19H19Cl2N3O. The minimum Gasteiger partial charge on any atom is -0.393 e. The Hall–Kier alpha value is -1.75. The summed E-state index contributed by atoms with van der Waals surface area (Å²) in [6.45, 7) is 2.15. The van der Waals surface area contributed by atoms with E-state index >= 15 is 0 Å². The average Bonchev–Trinajstić information content (AvgIpc) is 2.97. The number of para-hydroxylation sites is 2. The van der Waals surface area contributed by atoms with Crippen molar-refractivity contribution in [3.05, 3.63) is 58.1 Å². The molecule has 0 unspecified atom stereocenters. The highest BCUT2D eigenvalue weighted by Crippen LogP contribution is 2.30. The zero-order valence-electron chi connectivity index (χ0n) is 13.7. The monoisotopic (exact) mass is 375 g/mol. The Balaban J connectivity index is 1.80.